The number of nitrogens with zero attached hydrogens (tertiary/aromatic N) is 2. The van der Waals surface area contributed by atoms with Crippen LogP contribution in [-0.2, 0) is 0 Å². The van der Waals surface area contributed by atoms with Crippen molar-refractivity contribution >= 4 is 17.3 Å². The minimum atomic E-state index is -0.801. The van der Waals surface area contributed by atoms with Crippen LogP contribution in [0.2, 0.25) is 0 Å². The summed E-state index contributed by atoms with van der Waals surface area (Å²) >= 11 is 0. The van der Waals surface area contributed by atoms with Crippen LogP contribution in [0.1, 0.15) is 30.6 Å². The molecule has 0 unspecified atom stereocenters. The molecule has 0 saturated carbocycles. The van der Waals surface area contributed by atoms with Gasteiger partial charge < -0.3 is 5.32 Å². The van der Waals surface area contributed by atoms with Crippen molar-refractivity contribution in [2.45, 2.75) is 20.3 Å². The summed E-state index contributed by atoms with van der Waals surface area (Å²) in [5, 5.41) is 24.0. The molecule has 0 aliphatic carbocycles. The lowest BCUT2D eigenvalue weighted by atomic mass is 10.1. The number of nitro benzene ring substituents is 2. The van der Waals surface area contributed by atoms with Crippen LogP contribution in [0.3, 0.4) is 0 Å². The Morgan fingerprint density at radius 1 is 1.25 bits per heavy atom. The first-order valence-corrected chi connectivity index (χ1v) is 6.04. The Kier molecular flexibility index (Phi) is 5.13. The van der Waals surface area contributed by atoms with E-state index in [4.69, 9.17) is 0 Å². The van der Waals surface area contributed by atoms with Gasteiger partial charge >= 0.3 is 0 Å². The smallest absolute Gasteiger partial charge is 0.289 e. The third-order valence-electron chi connectivity index (χ3n) is 2.64. The van der Waals surface area contributed by atoms with E-state index in [1.54, 1.807) is 0 Å². The zero-order valence-corrected chi connectivity index (χ0v) is 11.2. The van der Waals surface area contributed by atoms with Gasteiger partial charge in [-0.15, -0.1) is 0 Å². The molecule has 1 N–H and O–H groups in total. The highest BCUT2D eigenvalue weighted by molar-refractivity contribution is 5.98. The SMILES string of the molecule is CC(C)CCNC(=O)c1ccc([N+](=O)[O-])cc1[N+](=O)[O-]. The Morgan fingerprint density at radius 3 is 2.40 bits per heavy atom. The van der Waals surface area contributed by atoms with Gasteiger partial charge in [0, 0.05) is 12.6 Å². The van der Waals surface area contributed by atoms with Crippen molar-refractivity contribution in [3.63, 3.8) is 0 Å². The van der Waals surface area contributed by atoms with Crippen molar-refractivity contribution in [3.05, 3.63) is 44.0 Å². The highest BCUT2D eigenvalue weighted by Crippen LogP contribution is 2.24. The lowest BCUT2D eigenvalue weighted by Crippen LogP contribution is -2.26. The van der Waals surface area contributed by atoms with Gasteiger partial charge in [-0.25, -0.2) is 0 Å². The van der Waals surface area contributed by atoms with Crippen LogP contribution >= 0.6 is 0 Å². The maximum Gasteiger partial charge on any atom is 0.289 e. The highest BCUT2D eigenvalue weighted by atomic mass is 16.6. The van der Waals surface area contributed by atoms with E-state index in [2.05, 4.69) is 5.32 Å². The molecule has 1 aromatic carbocycles. The maximum atomic E-state index is 11.8. The predicted molar refractivity (Wildman–Crippen MR) is 71.5 cm³/mol. The Hall–Kier alpha value is -2.51. The zero-order chi connectivity index (χ0) is 15.3. The molecule has 1 rings (SSSR count). The molecule has 108 valence electrons. The maximum absolute atomic E-state index is 11.8. The summed E-state index contributed by atoms with van der Waals surface area (Å²) in [5.41, 5.74) is -1.17. The minimum Gasteiger partial charge on any atom is -0.352 e. The van der Waals surface area contributed by atoms with Crippen LogP contribution in [0.4, 0.5) is 11.4 Å². The molecule has 8 heteroatoms. The molecule has 0 saturated heterocycles. The fourth-order valence-corrected chi connectivity index (χ4v) is 1.55. The van der Waals surface area contributed by atoms with E-state index in [1.165, 1.54) is 0 Å². The van der Waals surface area contributed by atoms with E-state index >= 15 is 0 Å². The Balaban J connectivity index is 2.96. The van der Waals surface area contributed by atoms with Crippen molar-refractivity contribution in [3.8, 4) is 0 Å². The topological polar surface area (TPSA) is 115 Å². The number of rotatable bonds is 6. The van der Waals surface area contributed by atoms with E-state index in [-0.39, 0.29) is 5.56 Å². The van der Waals surface area contributed by atoms with Crippen LogP contribution < -0.4 is 5.32 Å². The van der Waals surface area contributed by atoms with Crippen LogP contribution in [0, 0.1) is 26.1 Å². The van der Waals surface area contributed by atoms with E-state index in [9.17, 15) is 25.0 Å². The molecule has 8 nitrogen and oxygen atoms in total. The molecule has 0 radical (unpaired) electrons. The Labute approximate surface area is 115 Å². The molecule has 0 aliphatic heterocycles. The first-order valence-electron chi connectivity index (χ1n) is 6.04. The molecular formula is C12H15N3O5. The molecule has 20 heavy (non-hydrogen) atoms. The summed E-state index contributed by atoms with van der Waals surface area (Å²) in [7, 11) is 0. The number of benzene rings is 1. The van der Waals surface area contributed by atoms with Crippen molar-refractivity contribution < 1.29 is 14.6 Å². The fourth-order valence-electron chi connectivity index (χ4n) is 1.55. The van der Waals surface area contributed by atoms with Crippen molar-refractivity contribution in [2.75, 3.05) is 6.54 Å². The molecule has 0 bridgehead atoms. The number of nitro groups is 2. The van der Waals surface area contributed by atoms with E-state index in [0.29, 0.717) is 12.5 Å². The summed E-state index contributed by atoms with van der Waals surface area (Å²) in [6, 6.07) is 2.96. The standard InChI is InChI=1S/C12H15N3O5/c1-8(2)5-6-13-12(16)10-4-3-9(14(17)18)7-11(10)15(19)20/h3-4,7-8H,5-6H2,1-2H3,(H,13,16). The highest BCUT2D eigenvalue weighted by Gasteiger charge is 2.23. The summed E-state index contributed by atoms with van der Waals surface area (Å²) in [6.07, 6.45) is 0.743. The van der Waals surface area contributed by atoms with Gasteiger partial charge in [-0.2, -0.15) is 0 Å². The zero-order valence-electron chi connectivity index (χ0n) is 11.2. The van der Waals surface area contributed by atoms with Crippen LogP contribution in [0.5, 0.6) is 0 Å². The average molecular weight is 281 g/mol. The van der Waals surface area contributed by atoms with Gasteiger partial charge in [-0.1, -0.05) is 13.8 Å². The number of hydrogen-bond donors (Lipinski definition) is 1. The van der Waals surface area contributed by atoms with Gasteiger partial charge in [0.2, 0.25) is 0 Å². The second-order valence-corrected chi connectivity index (χ2v) is 4.65. The monoisotopic (exact) mass is 281 g/mol. The largest absolute Gasteiger partial charge is 0.352 e. The molecule has 0 heterocycles. The fraction of sp³-hybridized carbons (Fsp3) is 0.417. The van der Waals surface area contributed by atoms with E-state index in [0.717, 1.165) is 24.6 Å². The molecule has 0 aromatic heterocycles. The number of amides is 1. The van der Waals surface area contributed by atoms with Crippen molar-refractivity contribution in [2.24, 2.45) is 5.92 Å². The number of carbonyl (C=O) groups is 1. The molecular weight excluding hydrogens is 266 g/mol. The summed E-state index contributed by atoms with van der Waals surface area (Å²) in [4.78, 5) is 31.8. The van der Waals surface area contributed by atoms with Gasteiger partial charge in [0.1, 0.15) is 5.56 Å². The Bertz CT molecular complexity index is 542. The van der Waals surface area contributed by atoms with E-state index in [1.807, 2.05) is 13.8 Å². The van der Waals surface area contributed by atoms with Gasteiger partial charge in [-0.3, -0.25) is 25.0 Å². The lowest BCUT2D eigenvalue weighted by Gasteiger charge is -2.07. The van der Waals surface area contributed by atoms with Gasteiger partial charge in [0.15, 0.2) is 0 Å². The van der Waals surface area contributed by atoms with E-state index < -0.39 is 27.1 Å². The van der Waals surface area contributed by atoms with Gasteiger partial charge in [0.05, 0.1) is 15.9 Å². The first-order chi connectivity index (χ1) is 9.32. The minimum absolute atomic E-state index is 0.177. The third kappa shape index (κ3) is 4.01. The Morgan fingerprint density at radius 2 is 1.90 bits per heavy atom. The summed E-state index contributed by atoms with van der Waals surface area (Å²) < 4.78 is 0. The van der Waals surface area contributed by atoms with Crippen LogP contribution in [0.25, 0.3) is 0 Å². The quantitative estimate of drug-likeness (QED) is 0.634. The van der Waals surface area contributed by atoms with Crippen molar-refractivity contribution in [1.82, 2.24) is 5.32 Å². The normalized spacial score (nSPS) is 10.3. The molecule has 0 atom stereocenters. The molecule has 0 fully saturated rings. The van der Waals surface area contributed by atoms with Crippen molar-refractivity contribution in [1.29, 1.82) is 0 Å². The first kappa shape index (κ1) is 15.5. The average Bonchev–Trinajstić information content (AvgIpc) is 2.37. The number of non-ortho nitro benzene ring substituents is 1. The lowest BCUT2D eigenvalue weighted by molar-refractivity contribution is -0.394. The molecule has 0 aliphatic rings. The number of hydrogen-bond acceptors (Lipinski definition) is 5. The van der Waals surface area contributed by atoms with Gasteiger partial charge in [0.25, 0.3) is 17.3 Å². The molecule has 0 spiro atoms. The second kappa shape index (κ2) is 6.60. The summed E-state index contributed by atoms with van der Waals surface area (Å²) in [6.45, 7) is 4.37. The van der Waals surface area contributed by atoms with Crippen LogP contribution in [0.15, 0.2) is 18.2 Å². The second-order valence-electron chi connectivity index (χ2n) is 4.65. The van der Waals surface area contributed by atoms with Gasteiger partial charge in [-0.05, 0) is 18.4 Å². The summed E-state index contributed by atoms with van der Waals surface area (Å²) in [5.74, 6) is -0.214. The van der Waals surface area contributed by atoms with Crippen LogP contribution in [-0.4, -0.2) is 22.3 Å². The third-order valence-corrected chi connectivity index (χ3v) is 2.64. The predicted octanol–water partition coefficient (Wildman–Crippen LogP) is 2.28. The number of nitrogens with one attached hydrogen (secondary N) is 1. The number of carbonyl (C=O) groups excluding carboxylic acids is 1. The molecule has 1 amide bonds. The molecule has 1 aromatic rings.